The Kier molecular flexibility index (Phi) is 6.49. The molecule has 1 heterocycles. The van der Waals surface area contributed by atoms with E-state index < -0.39 is 5.97 Å². The standard InChI is InChI=1S/C21H20N2O4S/c1-3-19-22-23-21(27-19)28-18(20(24)25)12-15-8-10-17(11-9-15)26-13-16-6-4-14(2)5-7-16/h4-12H,3,13H2,1-2H3,(H,24,25)/b18-12-. The molecule has 0 radical (unpaired) electrons. The first kappa shape index (κ1) is 19.7. The summed E-state index contributed by atoms with van der Waals surface area (Å²) in [6, 6.07) is 15.4. The SMILES string of the molecule is CCc1nnc(S/C(=C\c2ccc(OCc3ccc(C)cc3)cc2)C(=O)O)o1. The fourth-order valence-electron chi connectivity index (χ4n) is 2.31. The second-order valence-corrected chi connectivity index (χ2v) is 7.07. The second-order valence-electron chi connectivity index (χ2n) is 6.07. The number of aromatic nitrogens is 2. The van der Waals surface area contributed by atoms with Crippen molar-refractivity contribution < 1.29 is 19.1 Å². The van der Waals surface area contributed by atoms with E-state index >= 15 is 0 Å². The van der Waals surface area contributed by atoms with Gasteiger partial charge in [0, 0.05) is 6.42 Å². The fourth-order valence-corrected chi connectivity index (χ4v) is 3.00. The summed E-state index contributed by atoms with van der Waals surface area (Å²) in [6.45, 7) is 4.41. The Morgan fingerprint density at radius 2 is 1.86 bits per heavy atom. The number of rotatable bonds is 8. The molecule has 28 heavy (non-hydrogen) atoms. The summed E-state index contributed by atoms with van der Waals surface area (Å²) in [5.41, 5.74) is 3.03. The fraction of sp³-hybridized carbons (Fsp3) is 0.190. The highest BCUT2D eigenvalue weighted by molar-refractivity contribution is 8.03. The van der Waals surface area contributed by atoms with Gasteiger partial charge < -0.3 is 14.3 Å². The molecule has 6 nitrogen and oxygen atoms in total. The molecule has 0 aliphatic rings. The van der Waals surface area contributed by atoms with Crippen molar-refractivity contribution >= 4 is 23.8 Å². The summed E-state index contributed by atoms with van der Waals surface area (Å²) < 4.78 is 11.1. The maximum absolute atomic E-state index is 11.5. The van der Waals surface area contributed by atoms with Gasteiger partial charge >= 0.3 is 5.97 Å². The predicted octanol–water partition coefficient (Wildman–Crippen LogP) is 4.74. The molecule has 7 heteroatoms. The smallest absolute Gasteiger partial charge is 0.342 e. The van der Waals surface area contributed by atoms with Crippen molar-refractivity contribution in [2.45, 2.75) is 32.1 Å². The number of hydrogen-bond acceptors (Lipinski definition) is 6. The summed E-state index contributed by atoms with van der Waals surface area (Å²) in [7, 11) is 0. The van der Waals surface area contributed by atoms with Crippen LogP contribution in [0.1, 0.15) is 29.5 Å². The lowest BCUT2D eigenvalue weighted by Crippen LogP contribution is -1.97. The van der Waals surface area contributed by atoms with Crippen LogP contribution in [0.15, 0.2) is 63.1 Å². The number of hydrogen-bond donors (Lipinski definition) is 1. The van der Waals surface area contributed by atoms with Crippen LogP contribution in [-0.2, 0) is 17.8 Å². The molecule has 0 aliphatic carbocycles. The Labute approximate surface area is 167 Å². The number of benzene rings is 2. The van der Waals surface area contributed by atoms with Gasteiger partial charge in [-0.2, -0.15) is 0 Å². The van der Waals surface area contributed by atoms with Gasteiger partial charge in [-0.05, 0) is 48.0 Å². The molecule has 2 aromatic carbocycles. The van der Waals surface area contributed by atoms with Gasteiger partial charge in [-0.3, -0.25) is 0 Å². The first-order valence-corrected chi connectivity index (χ1v) is 9.59. The highest BCUT2D eigenvalue weighted by Crippen LogP contribution is 2.28. The summed E-state index contributed by atoms with van der Waals surface area (Å²) in [5, 5.41) is 17.3. The zero-order valence-corrected chi connectivity index (χ0v) is 16.4. The van der Waals surface area contributed by atoms with Crippen LogP contribution in [-0.4, -0.2) is 21.3 Å². The number of aryl methyl sites for hydroxylation is 2. The van der Waals surface area contributed by atoms with E-state index in [1.165, 1.54) is 5.56 Å². The molecule has 1 aromatic heterocycles. The van der Waals surface area contributed by atoms with Crippen molar-refractivity contribution in [3.05, 3.63) is 76.0 Å². The first-order chi connectivity index (χ1) is 13.5. The predicted molar refractivity (Wildman–Crippen MR) is 107 cm³/mol. The third kappa shape index (κ3) is 5.47. The summed E-state index contributed by atoms with van der Waals surface area (Å²) in [4.78, 5) is 11.6. The van der Waals surface area contributed by atoms with Crippen LogP contribution >= 0.6 is 11.8 Å². The molecular formula is C21H20N2O4S. The van der Waals surface area contributed by atoms with Gasteiger partial charge in [0.1, 0.15) is 17.3 Å². The normalized spacial score (nSPS) is 11.4. The van der Waals surface area contributed by atoms with Crippen molar-refractivity contribution in [2.24, 2.45) is 0 Å². The number of aliphatic carboxylic acids is 1. The Bertz CT molecular complexity index is 963. The highest BCUT2D eigenvalue weighted by Gasteiger charge is 2.14. The van der Waals surface area contributed by atoms with E-state index in [1.807, 2.05) is 50.2 Å². The van der Waals surface area contributed by atoms with Crippen molar-refractivity contribution in [3.8, 4) is 5.75 Å². The minimum Gasteiger partial charge on any atom is -0.489 e. The van der Waals surface area contributed by atoms with Crippen LogP contribution in [0.3, 0.4) is 0 Å². The zero-order chi connectivity index (χ0) is 19.9. The molecule has 3 aromatic rings. The summed E-state index contributed by atoms with van der Waals surface area (Å²) in [5.74, 6) is 0.134. The Morgan fingerprint density at radius 1 is 1.14 bits per heavy atom. The molecule has 144 valence electrons. The minimum atomic E-state index is -1.05. The van der Waals surface area contributed by atoms with E-state index in [-0.39, 0.29) is 10.1 Å². The molecule has 0 bridgehead atoms. The molecular weight excluding hydrogens is 376 g/mol. The number of carboxylic acid groups (broad SMARTS) is 1. The van der Waals surface area contributed by atoms with E-state index in [9.17, 15) is 9.90 Å². The van der Waals surface area contributed by atoms with Crippen molar-refractivity contribution in [2.75, 3.05) is 0 Å². The first-order valence-electron chi connectivity index (χ1n) is 8.77. The molecule has 0 saturated heterocycles. The number of carboxylic acids is 1. The lowest BCUT2D eigenvalue weighted by molar-refractivity contribution is -0.131. The quantitative estimate of drug-likeness (QED) is 0.435. The van der Waals surface area contributed by atoms with Crippen LogP contribution in [0.4, 0.5) is 0 Å². The van der Waals surface area contributed by atoms with Crippen LogP contribution < -0.4 is 4.74 Å². The maximum atomic E-state index is 11.5. The van der Waals surface area contributed by atoms with Gasteiger partial charge in [0.25, 0.3) is 5.22 Å². The van der Waals surface area contributed by atoms with Crippen LogP contribution in [0, 0.1) is 6.92 Å². The second kappa shape index (κ2) is 9.23. The van der Waals surface area contributed by atoms with Crippen LogP contribution in [0.25, 0.3) is 6.08 Å². The minimum absolute atomic E-state index is 0.0969. The van der Waals surface area contributed by atoms with Gasteiger partial charge in [-0.15, -0.1) is 10.2 Å². The molecule has 0 spiro atoms. The number of thioether (sulfide) groups is 1. The number of nitrogens with zero attached hydrogens (tertiary/aromatic N) is 2. The molecule has 0 aliphatic heterocycles. The van der Waals surface area contributed by atoms with E-state index in [0.29, 0.717) is 24.7 Å². The van der Waals surface area contributed by atoms with Crippen LogP contribution in [0.5, 0.6) is 5.75 Å². The number of ether oxygens (including phenoxy) is 1. The monoisotopic (exact) mass is 396 g/mol. The average molecular weight is 396 g/mol. The molecule has 0 fully saturated rings. The van der Waals surface area contributed by atoms with Gasteiger partial charge in [0.2, 0.25) is 5.89 Å². The molecule has 1 N–H and O–H groups in total. The highest BCUT2D eigenvalue weighted by atomic mass is 32.2. The largest absolute Gasteiger partial charge is 0.489 e. The molecule has 0 atom stereocenters. The summed E-state index contributed by atoms with van der Waals surface area (Å²) >= 11 is 0.931. The van der Waals surface area contributed by atoms with Crippen LogP contribution in [0.2, 0.25) is 0 Å². The lowest BCUT2D eigenvalue weighted by Gasteiger charge is -2.07. The van der Waals surface area contributed by atoms with Crippen molar-refractivity contribution in [1.29, 1.82) is 0 Å². The molecule has 3 rings (SSSR count). The van der Waals surface area contributed by atoms with E-state index in [1.54, 1.807) is 18.2 Å². The third-order valence-electron chi connectivity index (χ3n) is 3.86. The maximum Gasteiger partial charge on any atom is 0.342 e. The van der Waals surface area contributed by atoms with E-state index in [4.69, 9.17) is 9.15 Å². The molecule has 0 unspecified atom stereocenters. The topological polar surface area (TPSA) is 85.5 Å². The lowest BCUT2D eigenvalue weighted by atomic mass is 10.1. The number of carbonyl (C=O) groups is 1. The van der Waals surface area contributed by atoms with Crippen molar-refractivity contribution in [1.82, 2.24) is 10.2 Å². The van der Waals surface area contributed by atoms with E-state index in [2.05, 4.69) is 10.2 Å². The summed E-state index contributed by atoms with van der Waals surface area (Å²) in [6.07, 6.45) is 2.16. The third-order valence-corrected chi connectivity index (χ3v) is 4.71. The van der Waals surface area contributed by atoms with Gasteiger partial charge in [0.05, 0.1) is 0 Å². The molecule has 0 amide bonds. The Morgan fingerprint density at radius 3 is 2.46 bits per heavy atom. The zero-order valence-electron chi connectivity index (χ0n) is 15.6. The molecule has 0 saturated carbocycles. The average Bonchev–Trinajstić information content (AvgIpc) is 3.16. The van der Waals surface area contributed by atoms with Gasteiger partial charge in [-0.25, -0.2) is 4.79 Å². The van der Waals surface area contributed by atoms with Gasteiger partial charge in [0.15, 0.2) is 0 Å². The van der Waals surface area contributed by atoms with E-state index in [0.717, 1.165) is 22.9 Å². The Hall–Kier alpha value is -3.06. The Balaban J connectivity index is 1.66. The van der Waals surface area contributed by atoms with Crippen molar-refractivity contribution in [3.63, 3.8) is 0 Å². The van der Waals surface area contributed by atoms with Gasteiger partial charge in [-0.1, -0.05) is 48.9 Å².